The van der Waals surface area contributed by atoms with Crippen molar-refractivity contribution in [1.29, 1.82) is 0 Å². The van der Waals surface area contributed by atoms with Gasteiger partial charge >= 0.3 is 17.9 Å². The molecule has 0 spiro atoms. The number of hydrogen-bond donors (Lipinski definition) is 6. The van der Waals surface area contributed by atoms with Gasteiger partial charge in [-0.05, 0) is 54.4 Å². The zero-order chi connectivity index (χ0) is 29.5. The van der Waals surface area contributed by atoms with E-state index in [9.17, 15) is 24.6 Å². The quantitative estimate of drug-likeness (QED) is 0.239. The van der Waals surface area contributed by atoms with Gasteiger partial charge in [0.25, 0.3) is 0 Å². The van der Waals surface area contributed by atoms with Crippen LogP contribution in [0, 0.1) is 0 Å². The number of rotatable bonds is 8. The Kier molecular flexibility index (Phi) is 12.1. The van der Waals surface area contributed by atoms with Gasteiger partial charge in [-0.3, -0.25) is 24.2 Å². The lowest BCUT2D eigenvalue weighted by atomic mass is 9.80. The fourth-order valence-electron chi connectivity index (χ4n) is 5.02. The van der Waals surface area contributed by atoms with Gasteiger partial charge < -0.3 is 30.6 Å². The van der Waals surface area contributed by atoms with E-state index in [0.29, 0.717) is 12.8 Å². The van der Waals surface area contributed by atoms with Gasteiger partial charge in [0.05, 0.1) is 31.2 Å². The molecule has 4 saturated heterocycles. The fourth-order valence-corrected chi connectivity index (χ4v) is 5.02. The second-order valence-corrected chi connectivity index (χ2v) is 12.2. The van der Waals surface area contributed by atoms with Crippen molar-refractivity contribution in [2.24, 2.45) is 0 Å². The largest absolute Gasteiger partial charge is 0.481 e. The minimum absolute atomic E-state index is 0.230. The molecule has 0 aromatic rings. The van der Waals surface area contributed by atoms with E-state index in [2.05, 4.69) is 37.5 Å². The third-order valence-corrected chi connectivity index (χ3v) is 6.60. The topological polar surface area (TPSA) is 192 Å². The highest BCUT2D eigenvalue weighted by molar-refractivity contribution is 5.88. The summed E-state index contributed by atoms with van der Waals surface area (Å²) in [6, 6.07) is 0. The first-order valence-electron chi connectivity index (χ1n) is 12.8. The Balaban J connectivity index is 0.000000302. The van der Waals surface area contributed by atoms with Crippen LogP contribution in [0.4, 0.5) is 0 Å². The van der Waals surface area contributed by atoms with E-state index in [1.807, 2.05) is 5.06 Å². The van der Waals surface area contributed by atoms with Crippen molar-refractivity contribution in [3.05, 3.63) is 0 Å². The highest BCUT2D eigenvalue weighted by atomic mass is 16.7. The number of aliphatic carboxylic acids is 3. The number of carbonyl (C=O) groups is 3. The third-order valence-electron chi connectivity index (χ3n) is 6.60. The highest BCUT2D eigenvalue weighted by Crippen LogP contribution is 2.38. The van der Waals surface area contributed by atoms with Gasteiger partial charge in [-0.1, -0.05) is 0 Å². The second kappa shape index (κ2) is 13.5. The molecule has 4 fully saturated rings. The molecule has 2 bridgehead atoms. The third kappa shape index (κ3) is 11.5. The molecule has 0 amide bonds. The van der Waals surface area contributed by atoms with Gasteiger partial charge in [-0.2, -0.15) is 5.06 Å². The lowest BCUT2D eigenvalue weighted by Crippen LogP contribution is -2.62. The standard InChI is InChI=1S/C13H27NO3.C6H12N2.C6H8O7/c1-11(2)7-10(15)8-12(3,4)14(11)17-9-13(5,6)16;1-2-8-5-3-7(1)4-6-8;7-3(8)1-6(13,5(11)12)2-4(9)10/h10,15-16H,7-9H2,1-6H3;1-6H2;13H,1-2H2,(H,7,8)(H,9,10)(H,11,12). The molecular weight excluding hydrogens is 502 g/mol. The number of hydrogen-bond acceptors (Lipinski definition) is 10. The van der Waals surface area contributed by atoms with Crippen molar-refractivity contribution in [3.63, 3.8) is 0 Å². The number of nitrogens with zero attached hydrogens (tertiary/aromatic N) is 3. The van der Waals surface area contributed by atoms with Crippen LogP contribution in [0.3, 0.4) is 0 Å². The minimum atomic E-state index is -2.74. The van der Waals surface area contributed by atoms with Crippen LogP contribution in [-0.4, -0.2) is 138 Å². The Labute approximate surface area is 224 Å². The average molecular weight is 550 g/mol. The number of aliphatic hydroxyl groups excluding tert-OH is 1. The van der Waals surface area contributed by atoms with E-state index in [1.54, 1.807) is 13.8 Å². The van der Waals surface area contributed by atoms with Crippen molar-refractivity contribution < 1.29 is 49.9 Å². The summed E-state index contributed by atoms with van der Waals surface area (Å²) < 4.78 is 0. The van der Waals surface area contributed by atoms with Crippen molar-refractivity contribution in [3.8, 4) is 0 Å². The molecule has 0 radical (unpaired) electrons. The maximum absolute atomic E-state index is 10.3. The summed E-state index contributed by atoms with van der Waals surface area (Å²) in [7, 11) is 0. The summed E-state index contributed by atoms with van der Waals surface area (Å²) in [6.07, 6.45) is -1.21. The van der Waals surface area contributed by atoms with E-state index < -0.39 is 42.0 Å². The summed E-state index contributed by atoms with van der Waals surface area (Å²) >= 11 is 0. The van der Waals surface area contributed by atoms with Crippen LogP contribution < -0.4 is 0 Å². The fraction of sp³-hybridized carbons (Fsp3) is 0.880. The summed E-state index contributed by atoms with van der Waals surface area (Å²) in [6.45, 7) is 19.9. The summed E-state index contributed by atoms with van der Waals surface area (Å²) in [5, 5.41) is 55.4. The number of fused-ring (bicyclic) bond motifs is 3. The SMILES string of the molecule is C1CN2CCN1CC2.CC(C)(O)CON1C(C)(C)CC(O)CC1(C)C.O=C(O)CC(O)(CC(=O)O)C(=O)O. The van der Waals surface area contributed by atoms with Crippen LogP contribution in [-0.2, 0) is 19.2 Å². The molecule has 13 heteroatoms. The molecule has 4 aliphatic rings. The lowest BCUT2D eigenvalue weighted by molar-refractivity contribution is -0.306. The number of carboxylic acid groups (broad SMARTS) is 3. The average Bonchev–Trinajstić information content (AvgIpc) is 2.72. The first-order valence-corrected chi connectivity index (χ1v) is 12.8. The Hall–Kier alpha value is -1.87. The van der Waals surface area contributed by atoms with E-state index in [1.165, 1.54) is 39.3 Å². The Morgan fingerprint density at radius 3 is 1.37 bits per heavy atom. The van der Waals surface area contributed by atoms with Crippen molar-refractivity contribution in [2.75, 3.05) is 45.9 Å². The molecule has 38 heavy (non-hydrogen) atoms. The number of piperidine rings is 1. The van der Waals surface area contributed by atoms with Gasteiger partial charge in [0.15, 0.2) is 5.60 Å². The molecule has 4 aliphatic heterocycles. The number of hydroxylamine groups is 2. The van der Waals surface area contributed by atoms with Crippen LogP contribution in [0.2, 0.25) is 0 Å². The maximum Gasteiger partial charge on any atom is 0.336 e. The molecule has 4 rings (SSSR count). The predicted octanol–water partition coefficient (Wildman–Crippen LogP) is 0.0719. The summed E-state index contributed by atoms with van der Waals surface area (Å²) in [4.78, 5) is 41.4. The molecule has 0 saturated carbocycles. The first kappa shape index (κ1) is 34.2. The van der Waals surface area contributed by atoms with E-state index in [0.717, 1.165) is 0 Å². The van der Waals surface area contributed by atoms with Crippen LogP contribution in [0.5, 0.6) is 0 Å². The normalized spacial score (nSPS) is 24.9. The molecule has 0 aromatic carbocycles. The number of piperazine rings is 3. The Morgan fingerprint density at radius 1 is 0.789 bits per heavy atom. The van der Waals surface area contributed by atoms with Crippen LogP contribution in [0.15, 0.2) is 0 Å². The molecule has 0 aromatic heterocycles. The van der Waals surface area contributed by atoms with E-state index in [4.69, 9.17) is 25.3 Å². The molecular formula is C25H47N3O10. The molecule has 0 aliphatic carbocycles. The predicted molar refractivity (Wildman–Crippen MR) is 137 cm³/mol. The van der Waals surface area contributed by atoms with Gasteiger partial charge in [0, 0.05) is 50.3 Å². The van der Waals surface area contributed by atoms with E-state index >= 15 is 0 Å². The van der Waals surface area contributed by atoms with Gasteiger partial charge in [0.1, 0.15) is 0 Å². The number of aliphatic hydroxyl groups is 3. The Bertz CT molecular complexity index is 747. The molecule has 4 heterocycles. The zero-order valence-electron chi connectivity index (χ0n) is 23.5. The van der Waals surface area contributed by atoms with Crippen LogP contribution in [0.25, 0.3) is 0 Å². The van der Waals surface area contributed by atoms with Crippen molar-refractivity contribution in [2.45, 2.75) is 95.6 Å². The molecule has 0 unspecified atom stereocenters. The van der Waals surface area contributed by atoms with Crippen molar-refractivity contribution >= 4 is 17.9 Å². The van der Waals surface area contributed by atoms with Crippen LogP contribution >= 0.6 is 0 Å². The summed E-state index contributed by atoms with van der Waals surface area (Å²) in [5.74, 6) is -5.02. The van der Waals surface area contributed by atoms with Gasteiger partial charge in [0.2, 0.25) is 0 Å². The number of carboxylic acids is 3. The Morgan fingerprint density at radius 2 is 1.13 bits per heavy atom. The van der Waals surface area contributed by atoms with Gasteiger partial charge in [-0.25, -0.2) is 4.79 Å². The second-order valence-electron chi connectivity index (χ2n) is 12.2. The van der Waals surface area contributed by atoms with Crippen LogP contribution in [0.1, 0.15) is 67.2 Å². The molecule has 13 nitrogen and oxygen atoms in total. The highest BCUT2D eigenvalue weighted by Gasteiger charge is 2.46. The molecule has 222 valence electrons. The zero-order valence-corrected chi connectivity index (χ0v) is 23.5. The lowest BCUT2D eigenvalue weighted by Gasteiger charge is -2.53. The van der Waals surface area contributed by atoms with Crippen molar-refractivity contribution in [1.82, 2.24) is 14.9 Å². The summed E-state index contributed by atoms with van der Waals surface area (Å²) in [5.41, 5.74) is -4.04. The first-order chi connectivity index (χ1) is 17.2. The monoisotopic (exact) mass is 549 g/mol. The molecule has 6 N–H and O–H groups in total. The minimum Gasteiger partial charge on any atom is -0.481 e. The van der Waals surface area contributed by atoms with E-state index in [-0.39, 0.29) is 23.8 Å². The maximum atomic E-state index is 10.3. The smallest absolute Gasteiger partial charge is 0.336 e. The molecule has 0 atom stereocenters. The van der Waals surface area contributed by atoms with Gasteiger partial charge in [-0.15, -0.1) is 0 Å².